The molecule has 2 N–H and O–H groups in total. The highest BCUT2D eigenvalue weighted by Gasteiger charge is 2.13. The van der Waals surface area contributed by atoms with Gasteiger partial charge in [0.05, 0.1) is 0 Å². The van der Waals surface area contributed by atoms with Crippen molar-refractivity contribution in [1.82, 2.24) is 15.1 Å². The third-order valence-corrected chi connectivity index (χ3v) is 3.57. The lowest BCUT2D eigenvalue weighted by molar-refractivity contribution is 0.102. The van der Waals surface area contributed by atoms with Gasteiger partial charge in [-0.25, -0.2) is 9.97 Å². The molecule has 0 aliphatic rings. The smallest absolute Gasteiger partial charge is 0.275 e. The molecule has 0 aliphatic heterocycles. The van der Waals surface area contributed by atoms with Crippen molar-refractivity contribution in [3.05, 3.63) is 64.1 Å². The first kappa shape index (κ1) is 16.9. The van der Waals surface area contributed by atoms with E-state index in [1.165, 1.54) is 0 Å². The van der Waals surface area contributed by atoms with E-state index < -0.39 is 0 Å². The molecule has 1 amide bonds. The van der Waals surface area contributed by atoms with Gasteiger partial charge in [0, 0.05) is 23.3 Å². The van der Waals surface area contributed by atoms with E-state index in [4.69, 9.17) is 16.1 Å². The Morgan fingerprint density at radius 1 is 1.16 bits per heavy atom. The molecule has 2 aromatic heterocycles. The van der Waals surface area contributed by atoms with Crippen LogP contribution in [0.3, 0.4) is 0 Å². The van der Waals surface area contributed by atoms with Crippen LogP contribution in [0.4, 0.5) is 11.8 Å². The van der Waals surface area contributed by atoms with Crippen molar-refractivity contribution < 1.29 is 9.32 Å². The van der Waals surface area contributed by atoms with Gasteiger partial charge in [0.15, 0.2) is 5.82 Å². The second-order valence-electron chi connectivity index (χ2n) is 5.48. The lowest BCUT2D eigenvalue weighted by Gasteiger charge is -2.08. The molecule has 128 valence electrons. The molecular formula is C17H16ClN5O2. The Kier molecular flexibility index (Phi) is 4.95. The summed E-state index contributed by atoms with van der Waals surface area (Å²) in [5.41, 5.74) is 1.94. The Labute approximate surface area is 149 Å². The van der Waals surface area contributed by atoms with E-state index in [9.17, 15) is 4.79 Å². The van der Waals surface area contributed by atoms with E-state index >= 15 is 0 Å². The summed E-state index contributed by atoms with van der Waals surface area (Å²) in [5.74, 6) is 0.943. The number of anilines is 2. The minimum Gasteiger partial charge on any atom is -0.360 e. The second kappa shape index (κ2) is 7.31. The van der Waals surface area contributed by atoms with E-state index in [0.29, 0.717) is 34.8 Å². The van der Waals surface area contributed by atoms with Crippen LogP contribution in [0.1, 0.15) is 27.5 Å². The normalized spacial score (nSPS) is 10.5. The molecule has 0 aliphatic carbocycles. The molecule has 0 bridgehead atoms. The van der Waals surface area contributed by atoms with Crippen molar-refractivity contribution in [1.29, 1.82) is 0 Å². The molecule has 2 heterocycles. The number of nitrogens with one attached hydrogen (secondary N) is 2. The van der Waals surface area contributed by atoms with Crippen molar-refractivity contribution in [2.75, 3.05) is 10.6 Å². The van der Waals surface area contributed by atoms with E-state index in [1.807, 2.05) is 24.3 Å². The number of benzene rings is 1. The maximum absolute atomic E-state index is 12.3. The highest BCUT2D eigenvalue weighted by Crippen LogP contribution is 2.13. The minimum atomic E-state index is -0.381. The average molecular weight is 358 g/mol. The van der Waals surface area contributed by atoms with Crippen molar-refractivity contribution >= 4 is 29.3 Å². The molecule has 0 unspecified atom stereocenters. The number of rotatable bonds is 5. The first-order valence-electron chi connectivity index (χ1n) is 7.58. The molecule has 0 spiro atoms. The molecule has 3 rings (SSSR count). The van der Waals surface area contributed by atoms with Gasteiger partial charge in [-0.2, -0.15) is 0 Å². The minimum absolute atomic E-state index is 0.242. The number of nitrogens with zero attached hydrogens (tertiary/aromatic N) is 3. The number of halogens is 1. The molecule has 0 saturated carbocycles. The van der Waals surface area contributed by atoms with Gasteiger partial charge in [-0.1, -0.05) is 28.9 Å². The van der Waals surface area contributed by atoms with Crippen LogP contribution in [0.25, 0.3) is 0 Å². The molecule has 0 atom stereocenters. The van der Waals surface area contributed by atoms with Crippen LogP contribution < -0.4 is 10.6 Å². The predicted molar refractivity (Wildman–Crippen MR) is 94.7 cm³/mol. The third-order valence-electron chi connectivity index (χ3n) is 3.32. The van der Waals surface area contributed by atoms with Gasteiger partial charge in [-0.05, 0) is 37.6 Å². The summed E-state index contributed by atoms with van der Waals surface area (Å²) >= 11 is 5.87. The lowest BCUT2D eigenvalue weighted by atomic mass is 10.2. The third kappa shape index (κ3) is 4.54. The molecule has 0 radical (unpaired) electrons. The number of carbonyl (C=O) groups is 1. The number of aromatic nitrogens is 3. The zero-order valence-corrected chi connectivity index (χ0v) is 14.5. The predicted octanol–water partition coefficient (Wildman–Crippen LogP) is 3.60. The van der Waals surface area contributed by atoms with Crippen molar-refractivity contribution in [2.24, 2.45) is 0 Å². The Morgan fingerprint density at radius 2 is 1.92 bits per heavy atom. The fourth-order valence-corrected chi connectivity index (χ4v) is 2.28. The Balaban J connectivity index is 1.71. The van der Waals surface area contributed by atoms with Crippen molar-refractivity contribution in [3.8, 4) is 0 Å². The number of hydrogen-bond acceptors (Lipinski definition) is 6. The first-order valence-corrected chi connectivity index (χ1v) is 7.96. The Morgan fingerprint density at radius 3 is 2.60 bits per heavy atom. The molecular weight excluding hydrogens is 342 g/mol. The Hall–Kier alpha value is -2.93. The standard InChI is InChI=1S/C17H16ClN5O2/c1-10-7-14(16(24)22-15-8-11(2)25-23-15)21-17(20-10)19-9-12-3-5-13(18)6-4-12/h3-8H,9H2,1-2H3,(H,19,20,21)(H,22,23,24). The van der Waals surface area contributed by atoms with E-state index in [1.54, 1.807) is 26.0 Å². The van der Waals surface area contributed by atoms with Crippen molar-refractivity contribution in [2.45, 2.75) is 20.4 Å². The van der Waals surface area contributed by atoms with Crippen LogP contribution in [0.2, 0.25) is 5.02 Å². The largest absolute Gasteiger partial charge is 0.360 e. The summed E-state index contributed by atoms with van der Waals surface area (Å²) in [6.07, 6.45) is 0. The van der Waals surface area contributed by atoms with E-state index in [2.05, 4.69) is 25.8 Å². The van der Waals surface area contributed by atoms with Crippen LogP contribution in [0, 0.1) is 13.8 Å². The molecule has 8 heteroatoms. The number of amides is 1. The fourth-order valence-electron chi connectivity index (χ4n) is 2.15. The fraction of sp³-hybridized carbons (Fsp3) is 0.176. The number of hydrogen-bond donors (Lipinski definition) is 2. The molecule has 7 nitrogen and oxygen atoms in total. The summed E-state index contributed by atoms with van der Waals surface area (Å²) in [6.45, 7) is 4.06. The second-order valence-corrected chi connectivity index (χ2v) is 5.91. The topological polar surface area (TPSA) is 92.9 Å². The van der Waals surface area contributed by atoms with Crippen LogP contribution in [-0.2, 0) is 6.54 Å². The highest BCUT2D eigenvalue weighted by atomic mass is 35.5. The molecule has 25 heavy (non-hydrogen) atoms. The van der Waals surface area contributed by atoms with Crippen molar-refractivity contribution in [3.63, 3.8) is 0 Å². The maximum Gasteiger partial charge on any atom is 0.275 e. The van der Waals surface area contributed by atoms with Gasteiger partial charge in [-0.3, -0.25) is 4.79 Å². The van der Waals surface area contributed by atoms with Crippen LogP contribution >= 0.6 is 11.6 Å². The summed E-state index contributed by atoms with van der Waals surface area (Å²) in [6, 6.07) is 10.7. The van der Waals surface area contributed by atoms with Crippen LogP contribution in [0.5, 0.6) is 0 Å². The van der Waals surface area contributed by atoms with E-state index in [-0.39, 0.29) is 11.6 Å². The number of aryl methyl sites for hydroxylation is 2. The zero-order valence-electron chi connectivity index (χ0n) is 13.7. The van der Waals surface area contributed by atoms with E-state index in [0.717, 1.165) is 5.56 Å². The molecule has 0 saturated heterocycles. The molecule has 3 aromatic rings. The molecule has 0 fully saturated rings. The summed E-state index contributed by atoms with van der Waals surface area (Å²) in [7, 11) is 0. The monoisotopic (exact) mass is 357 g/mol. The zero-order chi connectivity index (χ0) is 17.8. The maximum atomic E-state index is 12.3. The number of carbonyl (C=O) groups excluding carboxylic acids is 1. The van der Waals surface area contributed by atoms with Gasteiger partial charge in [-0.15, -0.1) is 0 Å². The van der Waals surface area contributed by atoms with Gasteiger partial charge < -0.3 is 15.2 Å². The van der Waals surface area contributed by atoms with Gasteiger partial charge in [0.1, 0.15) is 11.5 Å². The molecule has 1 aromatic carbocycles. The Bertz CT molecular complexity index is 892. The lowest BCUT2D eigenvalue weighted by Crippen LogP contribution is -2.16. The van der Waals surface area contributed by atoms with Gasteiger partial charge in [0.2, 0.25) is 5.95 Å². The summed E-state index contributed by atoms with van der Waals surface area (Å²) in [4.78, 5) is 20.9. The van der Waals surface area contributed by atoms with Crippen LogP contribution in [-0.4, -0.2) is 21.0 Å². The first-order chi connectivity index (χ1) is 12.0. The summed E-state index contributed by atoms with van der Waals surface area (Å²) < 4.78 is 4.93. The SMILES string of the molecule is Cc1cc(C(=O)Nc2cc(C)on2)nc(NCc2ccc(Cl)cc2)n1. The van der Waals surface area contributed by atoms with Crippen LogP contribution in [0.15, 0.2) is 40.9 Å². The van der Waals surface area contributed by atoms with Gasteiger partial charge >= 0.3 is 0 Å². The van der Waals surface area contributed by atoms with Gasteiger partial charge in [0.25, 0.3) is 5.91 Å². The highest BCUT2D eigenvalue weighted by molar-refractivity contribution is 6.30. The summed E-state index contributed by atoms with van der Waals surface area (Å²) in [5, 5.41) is 10.2. The quantitative estimate of drug-likeness (QED) is 0.724. The average Bonchev–Trinajstić information content (AvgIpc) is 2.99.